The lowest BCUT2D eigenvalue weighted by atomic mass is 10.2. The van der Waals surface area contributed by atoms with E-state index in [1.807, 2.05) is 58.1 Å². The van der Waals surface area contributed by atoms with Crippen molar-refractivity contribution in [3.8, 4) is 11.3 Å². The number of fused-ring (bicyclic) bond motifs is 1. The molecule has 0 fully saturated rings. The summed E-state index contributed by atoms with van der Waals surface area (Å²) in [6.07, 6.45) is 1.84. The first kappa shape index (κ1) is 17.4. The van der Waals surface area contributed by atoms with Crippen LogP contribution in [-0.2, 0) is 6.54 Å². The fourth-order valence-electron chi connectivity index (χ4n) is 2.99. The van der Waals surface area contributed by atoms with E-state index < -0.39 is 0 Å². The van der Waals surface area contributed by atoms with Crippen LogP contribution in [0.15, 0.2) is 66.2 Å². The third kappa shape index (κ3) is 3.48. The summed E-state index contributed by atoms with van der Waals surface area (Å²) in [6, 6.07) is 16.1. The van der Waals surface area contributed by atoms with Crippen LogP contribution in [0.4, 0.5) is 4.39 Å². The van der Waals surface area contributed by atoms with Crippen molar-refractivity contribution in [1.82, 2.24) is 14.3 Å². The molecule has 0 radical (unpaired) electrons. The molecule has 0 bridgehead atoms. The number of aromatic nitrogens is 2. The number of benzene rings is 2. The summed E-state index contributed by atoms with van der Waals surface area (Å²) < 4.78 is 15.0. The van der Waals surface area contributed by atoms with Crippen molar-refractivity contribution in [2.45, 2.75) is 13.5 Å². The van der Waals surface area contributed by atoms with Gasteiger partial charge in [-0.25, -0.2) is 9.37 Å². The molecule has 27 heavy (non-hydrogen) atoms. The van der Waals surface area contributed by atoms with Gasteiger partial charge in [-0.15, -0.1) is 11.3 Å². The molecule has 4 rings (SSSR count). The predicted octanol–water partition coefficient (Wildman–Crippen LogP) is 4.86. The Labute approximate surface area is 160 Å². The Kier molecular flexibility index (Phi) is 4.73. The molecule has 0 N–H and O–H groups in total. The molecule has 0 aliphatic carbocycles. The van der Waals surface area contributed by atoms with Gasteiger partial charge in [0.2, 0.25) is 0 Å². The van der Waals surface area contributed by atoms with Crippen LogP contribution >= 0.6 is 11.3 Å². The van der Waals surface area contributed by atoms with Crippen molar-refractivity contribution in [3.63, 3.8) is 0 Å². The van der Waals surface area contributed by atoms with Gasteiger partial charge in [0.15, 0.2) is 4.96 Å². The number of hydrogen-bond acceptors (Lipinski definition) is 3. The van der Waals surface area contributed by atoms with Crippen LogP contribution in [0, 0.1) is 5.82 Å². The molecule has 2 aromatic carbocycles. The number of carbonyl (C=O) groups is 1. The maximum Gasteiger partial charge on any atom is 0.272 e. The molecule has 0 unspecified atom stereocenters. The van der Waals surface area contributed by atoms with Gasteiger partial charge in [-0.1, -0.05) is 30.3 Å². The third-order valence-electron chi connectivity index (χ3n) is 4.45. The summed E-state index contributed by atoms with van der Waals surface area (Å²) in [5.41, 5.74) is 3.23. The second kappa shape index (κ2) is 7.32. The summed E-state index contributed by atoms with van der Waals surface area (Å²) in [5.74, 6) is -0.314. The van der Waals surface area contributed by atoms with E-state index >= 15 is 0 Å². The minimum Gasteiger partial charge on any atom is -0.333 e. The van der Waals surface area contributed by atoms with Gasteiger partial charge in [0.25, 0.3) is 5.91 Å². The highest BCUT2D eigenvalue weighted by Crippen LogP contribution is 2.25. The molecule has 4 nitrogen and oxygen atoms in total. The fraction of sp³-hybridized carbons (Fsp3) is 0.143. The molecule has 0 spiro atoms. The van der Waals surface area contributed by atoms with E-state index in [2.05, 4.69) is 4.98 Å². The lowest BCUT2D eigenvalue weighted by Gasteiger charge is -2.20. The predicted molar refractivity (Wildman–Crippen MR) is 105 cm³/mol. The highest BCUT2D eigenvalue weighted by atomic mass is 32.1. The van der Waals surface area contributed by atoms with Gasteiger partial charge in [0.1, 0.15) is 11.5 Å². The largest absolute Gasteiger partial charge is 0.333 e. The van der Waals surface area contributed by atoms with Gasteiger partial charge in [-0.2, -0.15) is 0 Å². The second-order valence-corrected chi connectivity index (χ2v) is 7.05. The van der Waals surface area contributed by atoms with Crippen LogP contribution < -0.4 is 0 Å². The summed E-state index contributed by atoms with van der Waals surface area (Å²) in [6.45, 7) is 3.15. The Morgan fingerprint density at radius 1 is 1.15 bits per heavy atom. The molecule has 2 heterocycles. The Bertz CT molecular complexity index is 1070. The quantitative estimate of drug-likeness (QED) is 0.496. The zero-order valence-electron chi connectivity index (χ0n) is 14.8. The summed E-state index contributed by atoms with van der Waals surface area (Å²) in [5, 5.41) is 1.84. The van der Waals surface area contributed by atoms with E-state index in [1.54, 1.807) is 12.1 Å². The van der Waals surface area contributed by atoms with E-state index in [1.165, 1.54) is 23.5 Å². The van der Waals surface area contributed by atoms with Crippen molar-refractivity contribution in [2.24, 2.45) is 0 Å². The topological polar surface area (TPSA) is 37.6 Å². The van der Waals surface area contributed by atoms with Gasteiger partial charge in [-0.05, 0) is 36.8 Å². The number of carbonyl (C=O) groups excluding carboxylic acids is 1. The van der Waals surface area contributed by atoms with E-state index in [4.69, 9.17) is 0 Å². The van der Waals surface area contributed by atoms with Crippen molar-refractivity contribution in [2.75, 3.05) is 6.54 Å². The molecule has 0 atom stereocenters. The van der Waals surface area contributed by atoms with Crippen LogP contribution in [-0.4, -0.2) is 26.7 Å². The molecule has 2 aromatic heterocycles. The highest BCUT2D eigenvalue weighted by Gasteiger charge is 2.20. The molecule has 0 aliphatic rings. The van der Waals surface area contributed by atoms with E-state index in [-0.39, 0.29) is 11.7 Å². The SMILES string of the molecule is CCN(Cc1ccccc1)C(=O)c1csc2nc(-c3ccc(F)cc3)cn12. The monoisotopic (exact) mass is 379 g/mol. The smallest absolute Gasteiger partial charge is 0.272 e. The Balaban J connectivity index is 1.64. The molecule has 6 heteroatoms. The molecule has 0 saturated carbocycles. The number of imidazole rings is 1. The van der Waals surface area contributed by atoms with Crippen LogP contribution in [0.25, 0.3) is 16.2 Å². The Morgan fingerprint density at radius 3 is 2.59 bits per heavy atom. The fourth-order valence-corrected chi connectivity index (χ4v) is 3.84. The van der Waals surface area contributed by atoms with E-state index in [0.717, 1.165) is 21.8 Å². The Hall–Kier alpha value is -2.99. The van der Waals surface area contributed by atoms with Crippen LogP contribution in [0.3, 0.4) is 0 Å². The number of halogens is 1. The first-order valence-corrected chi connectivity index (χ1v) is 9.59. The average molecular weight is 379 g/mol. The average Bonchev–Trinajstić information content (AvgIpc) is 3.28. The number of nitrogens with zero attached hydrogens (tertiary/aromatic N) is 3. The first-order chi connectivity index (χ1) is 13.2. The summed E-state index contributed by atoms with van der Waals surface area (Å²) in [7, 11) is 0. The van der Waals surface area contributed by atoms with Gasteiger partial charge in [-0.3, -0.25) is 9.20 Å². The maximum absolute atomic E-state index is 13.1. The van der Waals surface area contributed by atoms with Gasteiger partial charge >= 0.3 is 0 Å². The molecule has 1 amide bonds. The van der Waals surface area contributed by atoms with Crippen LogP contribution in [0.2, 0.25) is 0 Å². The molecular formula is C21H18FN3OS. The normalized spacial score (nSPS) is 11.0. The highest BCUT2D eigenvalue weighted by molar-refractivity contribution is 7.15. The van der Waals surface area contributed by atoms with E-state index in [9.17, 15) is 9.18 Å². The number of thiazole rings is 1. The minimum absolute atomic E-state index is 0.0318. The van der Waals surface area contributed by atoms with Crippen molar-refractivity contribution >= 4 is 22.2 Å². The summed E-state index contributed by atoms with van der Waals surface area (Å²) in [4.78, 5) is 20.2. The summed E-state index contributed by atoms with van der Waals surface area (Å²) >= 11 is 1.43. The third-order valence-corrected chi connectivity index (χ3v) is 5.29. The molecule has 4 aromatic rings. The lowest BCUT2D eigenvalue weighted by Crippen LogP contribution is -2.31. The van der Waals surface area contributed by atoms with Gasteiger partial charge < -0.3 is 4.90 Å². The first-order valence-electron chi connectivity index (χ1n) is 8.71. The maximum atomic E-state index is 13.1. The Morgan fingerprint density at radius 2 is 1.89 bits per heavy atom. The van der Waals surface area contributed by atoms with E-state index in [0.29, 0.717) is 18.8 Å². The van der Waals surface area contributed by atoms with Gasteiger partial charge in [0.05, 0.1) is 5.69 Å². The molecular weight excluding hydrogens is 361 g/mol. The van der Waals surface area contributed by atoms with Crippen molar-refractivity contribution in [3.05, 3.63) is 83.2 Å². The minimum atomic E-state index is -0.282. The zero-order valence-corrected chi connectivity index (χ0v) is 15.6. The van der Waals surface area contributed by atoms with Crippen LogP contribution in [0.1, 0.15) is 23.0 Å². The standard InChI is InChI=1S/C21H18FN3OS/c1-2-24(12-15-6-4-3-5-7-15)20(26)19-14-27-21-23-18(13-25(19)21)16-8-10-17(22)11-9-16/h3-11,13-14H,2,12H2,1H3. The zero-order chi connectivity index (χ0) is 18.8. The number of rotatable bonds is 5. The van der Waals surface area contributed by atoms with Crippen molar-refractivity contribution in [1.29, 1.82) is 0 Å². The molecule has 0 aliphatic heterocycles. The van der Waals surface area contributed by atoms with Crippen molar-refractivity contribution < 1.29 is 9.18 Å². The van der Waals surface area contributed by atoms with Gasteiger partial charge in [0, 0.05) is 30.2 Å². The molecule has 0 saturated heterocycles. The number of amides is 1. The van der Waals surface area contributed by atoms with Crippen LogP contribution in [0.5, 0.6) is 0 Å². The second-order valence-electron chi connectivity index (χ2n) is 6.21. The molecule has 136 valence electrons. The number of hydrogen-bond donors (Lipinski definition) is 0. The lowest BCUT2D eigenvalue weighted by molar-refractivity contribution is 0.0746.